The minimum absolute atomic E-state index is 0.288. The Bertz CT molecular complexity index is 598. The van der Waals surface area contributed by atoms with Crippen molar-refractivity contribution in [3.63, 3.8) is 0 Å². The number of piperazine rings is 1. The van der Waals surface area contributed by atoms with Crippen molar-refractivity contribution in [1.29, 1.82) is 0 Å². The zero-order chi connectivity index (χ0) is 14.7. The maximum atomic E-state index is 13.1. The first-order chi connectivity index (χ1) is 10.2. The molecule has 1 aromatic carbocycles. The Morgan fingerprint density at radius 3 is 2.57 bits per heavy atom. The summed E-state index contributed by atoms with van der Waals surface area (Å²) in [5, 5.41) is 0.502. The number of rotatable bonds is 3. The van der Waals surface area contributed by atoms with E-state index in [4.69, 9.17) is 11.6 Å². The van der Waals surface area contributed by atoms with Gasteiger partial charge < -0.3 is 4.90 Å². The number of nitrogens with zero attached hydrogens (tertiary/aromatic N) is 3. The predicted octanol–water partition coefficient (Wildman–Crippen LogP) is 3.20. The lowest BCUT2D eigenvalue weighted by Crippen LogP contribution is -2.46. The highest BCUT2D eigenvalue weighted by Crippen LogP contribution is 2.20. The lowest BCUT2D eigenvalue weighted by atomic mass is 10.2. The molecule has 0 amide bonds. The van der Waals surface area contributed by atoms with E-state index in [1.54, 1.807) is 6.07 Å². The molecule has 21 heavy (non-hydrogen) atoms. The van der Waals surface area contributed by atoms with Crippen LogP contribution in [-0.4, -0.2) is 36.1 Å². The molecular formula is C16H17ClFN3. The monoisotopic (exact) mass is 305 g/mol. The fourth-order valence-electron chi connectivity index (χ4n) is 2.57. The lowest BCUT2D eigenvalue weighted by molar-refractivity contribution is 0.249. The molecule has 1 aliphatic heterocycles. The molecule has 110 valence electrons. The van der Waals surface area contributed by atoms with Gasteiger partial charge >= 0.3 is 0 Å². The van der Waals surface area contributed by atoms with E-state index in [0.717, 1.165) is 44.1 Å². The summed E-state index contributed by atoms with van der Waals surface area (Å²) in [4.78, 5) is 8.99. The van der Waals surface area contributed by atoms with Gasteiger partial charge in [0.25, 0.3) is 0 Å². The lowest BCUT2D eigenvalue weighted by Gasteiger charge is -2.35. The van der Waals surface area contributed by atoms with Crippen molar-refractivity contribution in [2.24, 2.45) is 0 Å². The van der Waals surface area contributed by atoms with Gasteiger partial charge in [-0.05, 0) is 29.8 Å². The van der Waals surface area contributed by atoms with E-state index in [1.807, 2.05) is 24.4 Å². The normalized spacial score (nSPS) is 16.2. The van der Waals surface area contributed by atoms with Crippen molar-refractivity contribution < 1.29 is 4.39 Å². The van der Waals surface area contributed by atoms with Crippen LogP contribution in [-0.2, 0) is 6.54 Å². The third-order valence-electron chi connectivity index (χ3n) is 3.75. The van der Waals surface area contributed by atoms with Crippen molar-refractivity contribution in [2.75, 3.05) is 31.1 Å². The highest BCUT2D eigenvalue weighted by Gasteiger charge is 2.18. The molecule has 3 rings (SSSR count). The van der Waals surface area contributed by atoms with Crippen LogP contribution in [0.2, 0.25) is 5.02 Å². The van der Waals surface area contributed by atoms with Crippen molar-refractivity contribution >= 4 is 17.4 Å². The zero-order valence-electron chi connectivity index (χ0n) is 11.7. The van der Waals surface area contributed by atoms with Gasteiger partial charge in [0.05, 0.1) is 0 Å². The average molecular weight is 306 g/mol. The van der Waals surface area contributed by atoms with Crippen LogP contribution in [0.3, 0.4) is 0 Å². The molecule has 0 radical (unpaired) electrons. The molecule has 0 atom stereocenters. The fourth-order valence-corrected chi connectivity index (χ4v) is 2.79. The van der Waals surface area contributed by atoms with Crippen LogP contribution in [0.25, 0.3) is 0 Å². The van der Waals surface area contributed by atoms with E-state index in [-0.39, 0.29) is 5.82 Å². The number of pyridine rings is 1. The second kappa shape index (κ2) is 6.41. The average Bonchev–Trinajstić information content (AvgIpc) is 2.52. The molecule has 0 unspecified atom stereocenters. The summed E-state index contributed by atoms with van der Waals surface area (Å²) in [7, 11) is 0. The summed E-state index contributed by atoms with van der Waals surface area (Å²) in [6.07, 6.45) is 1.82. The summed E-state index contributed by atoms with van der Waals surface area (Å²) in [5.74, 6) is 0.737. The van der Waals surface area contributed by atoms with E-state index in [9.17, 15) is 4.39 Å². The van der Waals surface area contributed by atoms with Crippen LogP contribution >= 0.6 is 11.6 Å². The quantitative estimate of drug-likeness (QED) is 0.868. The van der Waals surface area contributed by atoms with Crippen LogP contribution in [0.15, 0.2) is 42.6 Å². The van der Waals surface area contributed by atoms with Gasteiger partial charge in [-0.1, -0.05) is 23.7 Å². The van der Waals surface area contributed by atoms with E-state index in [1.165, 1.54) is 12.1 Å². The number of halogens is 2. The molecule has 0 spiro atoms. The highest BCUT2D eigenvalue weighted by atomic mass is 35.5. The Kier molecular flexibility index (Phi) is 4.36. The third-order valence-corrected chi connectivity index (χ3v) is 4.11. The first kappa shape index (κ1) is 14.3. The third kappa shape index (κ3) is 3.52. The molecule has 0 aliphatic carbocycles. The van der Waals surface area contributed by atoms with Crippen molar-refractivity contribution in [3.05, 3.63) is 59.0 Å². The van der Waals surface area contributed by atoms with Crippen molar-refractivity contribution in [3.8, 4) is 0 Å². The molecule has 1 fully saturated rings. The molecule has 1 aromatic heterocycles. The second-order valence-electron chi connectivity index (χ2n) is 5.19. The van der Waals surface area contributed by atoms with Gasteiger partial charge in [-0.2, -0.15) is 0 Å². The molecule has 1 saturated heterocycles. The van der Waals surface area contributed by atoms with E-state index >= 15 is 0 Å². The van der Waals surface area contributed by atoms with Crippen LogP contribution in [0, 0.1) is 5.82 Å². The minimum Gasteiger partial charge on any atom is -0.354 e. The van der Waals surface area contributed by atoms with Gasteiger partial charge in [0.2, 0.25) is 0 Å². The zero-order valence-corrected chi connectivity index (χ0v) is 12.4. The maximum absolute atomic E-state index is 13.1. The first-order valence-electron chi connectivity index (χ1n) is 7.04. The smallest absolute Gasteiger partial charge is 0.128 e. The Hall–Kier alpha value is -1.65. The standard InChI is InChI=1S/C16H17ClFN3/c17-15-11-14(18)5-4-13(15)12-20-7-9-21(10-8-20)16-3-1-2-6-19-16/h1-6,11H,7-10,12H2. The summed E-state index contributed by atoms with van der Waals surface area (Å²) < 4.78 is 13.1. The molecule has 0 bridgehead atoms. The van der Waals surface area contributed by atoms with Gasteiger partial charge in [-0.15, -0.1) is 0 Å². The van der Waals surface area contributed by atoms with Gasteiger partial charge in [0.1, 0.15) is 11.6 Å². The molecular weight excluding hydrogens is 289 g/mol. The second-order valence-corrected chi connectivity index (χ2v) is 5.59. The van der Waals surface area contributed by atoms with E-state index < -0.39 is 0 Å². The van der Waals surface area contributed by atoms with Crippen molar-refractivity contribution in [1.82, 2.24) is 9.88 Å². The number of anilines is 1. The fraction of sp³-hybridized carbons (Fsp3) is 0.312. The Labute approximate surface area is 129 Å². The van der Waals surface area contributed by atoms with Gasteiger partial charge in [0, 0.05) is 43.9 Å². The molecule has 2 heterocycles. The number of benzene rings is 1. The summed E-state index contributed by atoms with van der Waals surface area (Å²) in [6.45, 7) is 4.54. The number of aromatic nitrogens is 1. The van der Waals surface area contributed by atoms with Gasteiger partial charge in [0.15, 0.2) is 0 Å². The Morgan fingerprint density at radius 2 is 1.90 bits per heavy atom. The first-order valence-corrected chi connectivity index (χ1v) is 7.42. The minimum atomic E-state index is -0.288. The van der Waals surface area contributed by atoms with E-state index in [0.29, 0.717) is 5.02 Å². The summed E-state index contributed by atoms with van der Waals surface area (Å²) in [5.41, 5.74) is 0.976. The molecule has 3 nitrogen and oxygen atoms in total. The van der Waals surface area contributed by atoms with Crippen LogP contribution in [0.4, 0.5) is 10.2 Å². The highest BCUT2D eigenvalue weighted by molar-refractivity contribution is 6.31. The molecule has 1 aliphatic rings. The number of hydrogen-bond donors (Lipinski definition) is 0. The van der Waals surface area contributed by atoms with Crippen LogP contribution < -0.4 is 4.90 Å². The van der Waals surface area contributed by atoms with E-state index in [2.05, 4.69) is 14.8 Å². The Morgan fingerprint density at radius 1 is 1.10 bits per heavy atom. The topological polar surface area (TPSA) is 19.4 Å². The van der Waals surface area contributed by atoms with Crippen LogP contribution in [0.1, 0.15) is 5.56 Å². The van der Waals surface area contributed by atoms with Crippen molar-refractivity contribution in [2.45, 2.75) is 6.54 Å². The summed E-state index contributed by atoms with van der Waals surface area (Å²) >= 11 is 6.09. The molecule has 5 heteroatoms. The Balaban J connectivity index is 1.59. The van der Waals surface area contributed by atoms with Gasteiger partial charge in [-0.25, -0.2) is 9.37 Å². The molecule has 0 saturated carbocycles. The number of hydrogen-bond acceptors (Lipinski definition) is 3. The van der Waals surface area contributed by atoms with Gasteiger partial charge in [-0.3, -0.25) is 4.90 Å². The molecule has 0 N–H and O–H groups in total. The SMILES string of the molecule is Fc1ccc(CN2CCN(c3ccccn3)CC2)c(Cl)c1. The largest absolute Gasteiger partial charge is 0.354 e. The summed E-state index contributed by atoms with van der Waals surface area (Å²) in [6, 6.07) is 10.6. The maximum Gasteiger partial charge on any atom is 0.128 e. The van der Waals surface area contributed by atoms with Crippen LogP contribution in [0.5, 0.6) is 0 Å². The predicted molar refractivity (Wildman–Crippen MR) is 83.1 cm³/mol. The molecule has 2 aromatic rings.